The van der Waals surface area contributed by atoms with Crippen LogP contribution in [0.25, 0.3) is 21.8 Å². The number of hydrogen-bond donors (Lipinski definition) is 2. The van der Waals surface area contributed by atoms with Crippen LogP contribution in [0.4, 0.5) is 10.1 Å². The third-order valence-electron chi connectivity index (χ3n) is 11.5. The number of hydrogen-bond acceptors (Lipinski definition) is 10. The van der Waals surface area contributed by atoms with Gasteiger partial charge in [-0.2, -0.15) is 8.42 Å². The molecule has 4 saturated heterocycles. The van der Waals surface area contributed by atoms with E-state index in [1.807, 2.05) is 53.3 Å². The fraction of sp³-hybridized carbons (Fsp3) is 0.341. The normalized spacial score (nSPS) is 20.9. The monoisotopic (exact) mass is 825 g/mol. The molecule has 0 spiro atoms. The van der Waals surface area contributed by atoms with Crippen LogP contribution in [0.2, 0.25) is 0 Å². The van der Waals surface area contributed by atoms with Crippen LogP contribution in [-0.2, 0) is 43.0 Å². The van der Waals surface area contributed by atoms with Gasteiger partial charge in [0.2, 0.25) is 17.7 Å². The minimum atomic E-state index is -4.36. The lowest BCUT2D eigenvalue weighted by atomic mass is 9.98. The van der Waals surface area contributed by atoms with Crippen molar-refractivity contribution in [3.05, 3.63) is 100 Å². The highest BCUT2D eigenvalue weighted by molar-refractivity contribution is 7.92. The average molecular weight is 826 g/mol. The van der Waals surface area contributed by atoms with E-state index in [1.165, 1.54) is 21.3 Å². The van der Waals surface area contributed by atoms with Gasteiger partial charge in [0.15, 0.2) is 5.82 Å². The number of carbonyl (C=O) groups excluding carboxylic acids is 4. The minimum Gasteiger partial charge on any atom is -0.487 e. The number of nitrogens with one attached hydrogen (secondary N) is 2. The molecule has 1 unspecified atom stereocenters. The van der Waals surface area contributed by atoms with Crippen molar-refractivity contribution in [3.8, 4) is 11.5 Å². The molecule has 0 aliphatic carbocycles. The number of anilines is 1. The summed E-state index contributed by atoms with van der Waals surface area (Å²) in [6.45, 7) is 1.70. The van der Waals surface area contributed by atoms with Crippen molar-refractivity contribution < 1.29 is 41.5 Å². The zero-order valence-corrected chi connectivity index (χ0v) is 32.7. The lowest BCUT2D eigenvalue weighted by Gasteiger charge is -2.39. The van der Waals surface area contributed by atoms with E-state index in [4.69, 9.17) is 9.47 Å². The topological polar surface area (TPSA) is 182 Å². The molecule has 16 nitrogen and oxygen atoms in total. The highest BCUT2D eigenvalue weighted by Crippen LogP contribution is 2.41. The van der Waals surface area contributed by atoms with Crippen LogP contribution in [0.1, 0.15) is 42.3 Å². The van der Waals surface area contributed by atoms with Crippen molar-refractivity contribution in [2.75, 3.05) is 43.6 Å². The fourth-order valence-electron chi connectivity index (χ4n) is 8.41. The standard InChI is InChI=1S/C41H40FN7O9S/c1-45-33-15-25(8-10-31(33)49(41(45)54)32-11-12-35(50)43-40(32)53)27-13-14-46(18-27)22-37(52)47-19-29(20-47)58-28-9-7-26-16-34(57-23-24-5-3-2-4-6-24)39(38(42)30(26)17-28)48-21-36(51)44-59(48,55)56/h2-10,15-17,27,29,32H,11-14,18-23H2,1H3,(H,44,51)(H,43,50,53)/t27-,32?/m0/s1. The Bertz CT molecular complexity index is 2730. The average Bonchev–Trinajstić information content (AvgIpc) is 3.84. The molecule has 4 aliphatic rings. The van der Waals surface area contributed by atoms with Crippen molar-refractivity contribution in [1.82, 2.24) is 29.0 Å². The van der Waals surface area contributed by atoms with Crippen LogP contribution in [0.3, 0.4) is 0 Å². The number of amides is 4. The summed E-state index contributed by atoms with van der Waals surface area (Å²) in [4.78, 5) is 66.7. The van der Waals surface area contributed by atoms with Gasteiger partial charge in [0, 0.05) is 25.4 Å². The van der Waals surface area contributed by atoms with E-state index in [-0.39, 0.29) is 72.3 Å². The molecule has 4 amide bonds. The summed E-state index contributed by atoms with van der Waals surface area (Å²) in [7, 11) is -2.69. The van der Waals surface area contributed by atoms with Crippen molar-refractivity contribution in [2.24, 2.45) is 7.05 Å². The number of piperidine rings is 1. The van der Waals surface area contributed by atoms with Crippen molar-refractivity contribution in [1.29, 1.82) is 0 Å². The summed E-state index contributed by atoms with van der Waals surface area (Å²) in [6.07, 6.45) is 0.907. The number of halogens is 1. The summed E-state index contributed by atoms with van der Waals surface area (Å²) in [5, 5.41) is 2.84. The van der Waals surface area contributed by atoms with Gasteiger partial charge in [0.05, 0.1) is 30.7 Å². The van der Waals surface area contributed by atoms with Crippen LogP contribution in [0.5, 0.6) is 11.5 Å². The third kappa shape index (κ3) is 7.15. The fourth-order valence-corrected chi connectivity index (χ4v) is 9.57. The van der Waals surface area contributed by atoms with E-state index >= 15 is 4.39 Å². The van der Waals surface area contributed by atoms with E-state index in [2.05, 4.69) is 10.2 Å². The number of carbonyl (C=O) groups is 4. The van der Waals surface area contributed by atoms with E-state index in [0.717, 1.165) is 17.5 Å². The Kier molecular flexibility index (Phi) is 9.62. The van der Waals surface area contributed by atoms with Crippen molar-refractivity contribution in [3.63, 3.8) is 0 Å². The summed E-state index contributed by atoms with van der Waals surface area (Å²) < 4.78 is 59.7. The molecule has 4 aliphatic heterocycles. The zero-order chi connectivity index (χ0) is 41.2. The Labute approximate surface area is 337 Å². The Morgan fingerprint density at radius 2 is 1.71 bits per heavy atom. The molecule has 59 heavy (non-hydrogen) atoms. The Balaban J connectivity index is 0.836. The third-order valence-corrected chi connectivity index (χ3v) is 12.9. The maximum atomic E-state index is 16.4. The highest BCUT2D eigenvalue weighted by atomic mass is 32.2. The largest absolute Gasteiger partial charge is 0.487 e. The number of aromatic nitrogens is 2. The molecule has 18 heteroatoms. The molecule has 4 fully saturated rings. The number of nitrogens with zero attached hydrogens (tertiary/aromatic N) is 5. The number of imide groups is 1. The molecule has 0 saturated carbocycles. The Morgan fingerprint density at radius 3 is 2.46 bits per heavy atom. The molecule has 1 aromatic heterocycles. The van der Waals surface area contributed by atoms with Crippen molar-refractivity contribution in [2.45, 2.75) is 43.9 Å². The van der Waals surface area contributed by atoms with E-state index in [9.17, 15) is 32.4 Å². The SMILES string of the molecule is Cn1c(=O)n(C2CCC(=O)NC2=O)c2ccc([C@H]3CCN(CC(=O)N4CC(Oc5ccc6cc(OCc7ccccc7)c(N7CC(=O)NS7(=O)=O)c(F)c6c5)C4)C3)cc21. The van der Waals surface area contributed by atoms with Crippen LogP contribution >= 0.6 is 0 Å². The zero-order valence-electron chi connectivity index (χ0n) is 31.9. The number of rotatable bonds is 10. The number of aryl methyl sites for hydroxylation is 1. The second kappa shape index (κ2) is 14.8. The molecule has 4 aromatic carbocycles. The summed E-state index contributed by atoms with van der Waals surface area (Å²) in [5.74, 6) is -2.13. The van der Waals surface area contributed by atoms with Gasteiger partial charge < -0.3 is 14.4 Å². The lowest BCUT2D eigenvalue weighted by Crippen LogP contribution is -2.58. The Morgan fingerprint density at radius 1 is 0.915 bits per heavy atom. The summed E-state index contributed by atoms with van der Waals surface area (Å²) in [6, 6.07) is 20.5. The van der Waals surface area contributed by atoms with Crippen LogP contribution in [0, 0.1) is 5.82 Å². The van der Waals surface area contributed by atoms with Gasteiger partial charge >= 0.3 is 15.9 Å². The van der Waals surface area contributed by atoms with Gasteiger partial charge in [-0.3, -0.25) is 38.5 Å². The van der Waals surface area contributed by atoms with E-state index < -0.39 is 40.4 Å². The predicted octanol–water partition coefficient (Wildman–Crippen LogP) is 2.45. The summed E-state index contributed by atoms with van der Waals surface area (Å²) >= 11 is 0. The second-order valence-corrected chi connectivity index (χ2v) is 17.0. The number of fused-ring (bicyclic) bond motifs is 2. The molecular formula is C41H40FN7O9S. The summed E-state index contributed by atoms with van der Waals surface area (Å²) in [5.41, 5.74) is 2.42. The van der Waals surface area contributed by atoms with E-state index in [1.54, 1.807) is 24.1 Å². The second-order valence-electron chi connectivity index (χ2n) is 15.4. The quantitative estimate of drug-likeness (QED) is 0.199. The Hall–Kier alpha value is -6.27. The van der Waals surface area contributed by atoms with Gasteiger partial charge in [-0.15, -0.1) is 0 Å². The minimum absolute atomic E-state index is 0.0365. The molecule has 2 atom stereocenters. The molecule has 0 radical (unpaired) electrons. The van der Waals surface area contributed by atoms with Gasteiger partial charge in [-0.05, 0) is 72.1 Å². The molecule has 5 heterocycles. The first-order valence-corrected chi connectivity index (χ1v) is 20.7. The van der Waals surface area contributed by atoms with Crippen molar-refractivity contribution >= 4 is 61.3 Å². The van der Waals surface area contributed by atoms with Gasteiger partial charge in [0.1, 0.15) is 42.5 Å². The molecule has 306 valence electrons. The first-order chi connectivity index (χ1) is 28.3. The first-order valence-electron chi connectivity index (χ1n) is 19.3. The number of benzene rings is 4. The van der Waals surface area contributed by atoms with E-state index in [0.29, 0.717) is 52.7 Å². The van der Waals surface area contributed by atoms with Gasteiger partial charge in [0.25, 0.3) is 5.91 Å². The maximum absolute atomic E-state index is 16.4. The molecule has 5 aromatic rings. The predicted molar refractivity (Wildman–Crippen MR) is 212 cm³/mol. The van der Waals surface area contributed by atoms with Crippen LogP contribution in [-0.4, -0.2) is 96.4 Å². The molecule has 9 rings (SSSR count). The van der Waals surface area contributed by atoms with Gasteiger partial charge in [-0.1, -0.05) is 42.5 Å². The number of likely N-dealkylation sites (tertiary alicyclic amines) is 2. The van der Waals surface area contributed by atoms with Crippen LogP contribution < -0.4 is 29.5 Å². The lowest BCUT2D eigenvalue weighted by molar-refractivity contribution is -0.141. The molecule has 2 N–H and O–H groups in total. The number of imidazole rings is 1. The molecular weight excluding hydrogens is 786 g/mol. The molecule has 0 bridgehead atoms. The van der Waals surface area contributed by atoms with Crippen LogP contribution in [0.15, 0.2) is 77.6 Å². The van der Waals surface area contributed by atoms with Gasteiger partial charge in [-0.25, -0.2) is 18.2 Å². The number of ether oxygens (including phenoxy) is 2. The smallest absolute Gasteiger partial charge is 0.329 e. The first kappa shape index (κ1) is 38.3. The maximum Gasteiger partial charge on any atom is 0.329 e. The highest BCUT2D eigenvalue weighted by Gasteiger charge is 2.39.